The Morgan fingerprint density at radius 3 is 2.67 bits per heavy atom. The van der Waals surface area contributed by atoms with Gasteiger partial charge in [0.05, 0.1) is 6.10 Å². The van der Waals surface area contributed by atoms with Crippen LogP contribution in [0.4, 0.5) is 0 Å². The number of ether oxygens (including phenoxy) is 1. The Morgan fingerprint density at radius 2 is 2.00 bits per heavy atom. The van der Waals surface area contributed by atoms with Crippen LogP contribution >= 0.6 is 0 Å². The maximum atomic E-state index is 12.6. The molecule has 1 saturated carbocycles. The monoisotopic (exact) mass is 372 g/mol. The van der Waals surface area contributed by atoms with Crippen LogP contribution in [0, 0.1) is 5.92 Å². The first kappa shape index (κ1) is 19.7. The van der Waals surface area contributed by atoms with E-state index in [2.05, 4.69) is 27.8 Å². The van der Waals surface area contributed by atoms with Gasteiger partial charge >= 0.3 is 0 Å². The lowest BCUT2D eigenvalue weighted by Gasteiger charge is -2.22. The molecule has 0 spiro atoms. The minimum atomic E-state index is -0.0335. The van der Waals surface area contributed by atoms with E-state index in [1.807, 2.05) is 23.1 Å². The predicted octanol–water partition coefficient (Wildman–Crippen LogP) is 2.33. The zero-order chi connectivity index (χ0) is 19.1. The Kier molecular flexibility index (Phi) is 7.10. The summed E-state index contributed by atoms with van der Waals surface area (Å²) in [6, 6.07) is 10.4. The van der Waals surface area contributed by atoms with E-state index < -0.39 is 0 Å². The summed E-state index contributed by atoms with van der Waals surface area (Å²) in [5.41, 5.74) is 1.14. The first-order chi connectivity index (χ1) is 13.2. The summed E-state index contributed by atoms with van der Waals surface area (Å²) < 4.78 is 5.61. The molecule has 2 N–H and O–H groups in total. The van der Waals surface area contributed by atoms with Gasteiger partial charge in [-0.3, -0.25) is 9.79 Å². The third kappa shape index (κ3) is 5.22. The van der Waals surface area contributed by atoms with Crippen molar-refractivity contribution in [3.05, 3.63) is 35.9 Å². The molecule has 0 radical (unpaired) electrons. The minimum Gasteiger partial charge on any atom is -0.375 e. The second-order valence-electron chi connectivity index (χ2n) is 7.48. The van der Waals surface area contributed by atoms with Crippen LogP contribution in [0.1, 0.15) is 43.8 Å². The summed E-state index contributed by atoms with van der Waals surface area (Å²) in [6.45, 7) is 2.24. The Hall–Kier alpha value is -2.08. The van der Waals surface area contributed by atoms with Crippen molar-refractivity contribution in [1.82, 2.24) is 15.5 Å². The fourth-order valence-corrected chi connectivity index (χ4v) is 4.09. The second kappa shape index (κ2) is 9.74. The SMILES string of the molecule is CN=C(NCC(OC)c1ccccc1)NC1CCN(C(=O)C2CCCC2)C1. The van der Waals surface area contributed by atoms with Gasteiger partial charge in [-0.15, -0.1) is 0 Å². The number of carbonyl (C=O) groups is 1. The van der Waals surface area contributed by atoms with Crippen molar-refractivity contribution in [3.8, 4) is 0 Å². The number of hydrogen-bond donors (Lipinski definition) is 2. The number of nitrogens with zero attached hydrogens (tertiary/aromatic N) is 2. The molecule has 1 aliphatic carbocycles. The molecule has 1 saturated heterocycles. The van der Waals surface area contributed by atoms with Crippen molar-refractivity contribution in [2.24, 2.45) is 10.9 Å². The van der Waals surface area contributed by atoms with Crippen molar-refractivity contribution in [2.75, 3.05) is 33.8 Å². The molecule has 1 amide bonds. The normalized spacial score (nSPS) is 22.1. The van der Waals surface area contributed by atoms with Crippen molar-refractivity contribution < 1.29 is 9.53 Å². The molecule has 2 atom stereocenters. The van der Waals surface area contributed by atoms with E-state index in [1.54, 1.807) is 14.2 Å². The summed E-state index contributed by atoms with van der Waals surface area (Å²) in [5, 5.41) is 6.82. The third-order valence-corrected chi connectivity index (χ3v) is 5.68. The molecule has 1 heterocycles. The van der Waals surface area contributed by atoms with E-state index in [-0.39, 0.29) is 18.1 Å². The summed E-state index contributed by atoms with van der Waals surface area (Å²) in [7, 11) is 3.50. The molecular formula is C21H32N4O2. The van der Waals surface area contributed by atoms with Crippen LogP contribution in [0.3, 0.4) is 0 Å². The number of aliphatic imine (C=N–C) groups is 1. The van der Waals surface area contributed by atoms with Crippen LogP contribution in [0.25, 0.3) is 0 Å². The number of rotatable bonds is 6. The molecule has 2 unspecified atom stereocenters. The quantitative estimate of drug-likeness (QED) is 0.594. The van der Waals surface area contributed by atoms with E-state index in [0.717, 1.165) is 43.9 Å². The molecule has 6 heteroatoms. The zero-order valence-corrected chi connectivity index (χ0v) is 16.5. The molecule has 1 aromatic carbocycles. The lowest BCUT2D eigenvalue weighted by molar-refractivity contribution is -0.134. The van der Waals surface area contributed by atoms with E-state index in [4.69, 9.17) is 4.74 Å². The maximum absolute atomic E-state index is 12.6. The van der Waals surface area contributed by atoms with Gasteiger partial charge in [0.25, 0.3) is 0 Å². The highest BCUT2D eigenvalue weighted by molar-refractivity contribution is 5.81. The molecule has 1 aromatic rings. The number of methoxy groups -OCH3 is 1. The van der Waals surface area contributed by atoms with Crippen LogP contribution in [-0.2, 0) is 9.53 Å². The zero-order valence-electron chi connectivity index (χ0n) is 16.5. The van der Waals surface area contributed by atoms with Crippen molar-refractivity contribution in [1.29, 1.82) is 0 Å². The Morgan fingerprint density at radius 1 is 1.26 bits per heavy atom. The van der Waals surface area contributed by atoms with Gasteiger partial charge in [0.2, 0.25) is 5.91 Å². The summed E-state index contributed by atoms with van der Waals surface area (Å²) in [5.74, 6) is 1.37. The fraction of sp³-hybridized carbons (Fsp3) is 0.619. The van der Waals surface area contributed by atoms with Gasteiger partial charge in [-0.05, 0) is 24.8 Å². The van der Waals surface area contributed by atoms with Crippen molar-refractivity contribution in [3.63, 3.8) is 0 Å². The average molecular weight is 373 g/mol. The lowest BCUT2D eigenvalue weighted by Crippen LogP contribution is -2.46. The van der Waals surface area contributed by atoms with E-state index >= 15 is 0 Å². The topological polar surface area (TPSA) is 66.0 Å². The van der Waals surface area contributed by atoms with Gasteiger partial charge in [-0.1, -0.05) is 43.2 Å². The molecular weight excluding hydrogens is 340 g/mol. The maximum Gasteiger partial charge on any atom is 0.225 e. The second-order valence-corrected chi connectivity index (χ2v) is 7.48. The molecule has 27 heavy (non-hydrogen) atoms. The number of carbonyl (C=O) groups excluding carboxylic acids is 1. The standard InChI is InChI=1S/C21H32N4O2/c1-22-21(23-14-19(27-2)16-8-4-3-5-9-16)24-18-12-13-25(15-18)20(26)17-10-6-7-11-17/h3-5,8-9,17-19H,6-7,10-15H2,1-2H3,(H2,22,23,24). The molecule has 6 nitrogen and oxygen atoms in total. The largest absolute Gasteiger partial charge is 0.375 e. The molecule has 1 aliphatic heterocycles. The van der Waals surface area contributed by atoms with Crippen LogP contribution in [0.15, 0.2) is 35.3 Å². The highest BCUT2D eigenvalue weighted by Gasteiger charge is 2.32. The van der Waals surface area contributed by atoms with E-state index in [9.17, 15) is 4.79 Å². The van der Waals surface area contributed by atoms with Gasteiger partial charge < -0.3 is 20.3 Å². The molecule has 0 bridgehead atoms. The number of guanidine groups is 1. The Balaban J connectivity index is 1.47. The van der Waals surface area contributed by atoms with Crippen LogP contribution in [0.5, 0.6) is 0 Å². The molecule has 2 aliphatic rings. The summed E-state index contributed by atoms with van der Waals surface area (Å²) >= 11 is 0. The fourth-order valence-electron chi connectivity index (χ4n) is 4.09. The number of nitrogens with one attached hydrogen (secondary N) is 2. The molecule has 0 aromatic heterocycles. The number of amides is 1. The molecule has 3 rings (SSSR count). The number of likely N-dealkylation sites (tertiary alicyclic amines) is 1. The van der Waals surface area contributed by atoms with Gasteiger partial charge in [-0.25, -0.2) is 0 Å². The number of benzene rings is 1. The van der Waals surface area contributed by atoms with Crippen molar-refractivity contribution >= 4 is 11.9 Å². The molecule has 2 fully saturated rings. The Bertz CT molecular complexity index is 628. The number of hydrogen-bond acceptors (Lipinski definition) is 3. The third-order valence-electron chi connectivity index (χ3n) is 5.68. The molecule has 148 valence electrons. The smallest absolute Gasteiger partial charge is 0.225 e. The Labute approximate surface area is 162 Å². The summed E-state index contributed by atoms with van der Waals surface area (Å²) in [6.07, 6.45) is 5.46. The van der Waals surface area contributed by atoms with Gasteiger partial charge in [0.1, 0.15) is 0 Å². The van der Waals surface area contributed by atoms with E-state index in [1.165, 1.54) is 12.8 Å². The van der Waals surface area contributed by atoms with E-state index in [0.29, 0.717) is 12.5 Å². The first-order valence-electron chi connectivity index (χ1n) is 10.0. The van der Waals surface area contributed by atoms with Gasteiger partial charge in [-0.2, -0.15) is 0 Å². The highest BCUT2D eigenvalue weighted by atomic mass is 16.5. The summed E-state index contributed by atoms with van der Waals surface area (Å²) in [4.78, 5) is 19.0. The van der Waals surface area contributed by atoms with Gasteiger partial charge in [0.15, 0.2) is 5.96 Å². The van der Waals surface area contributed by atoms with Crippen LogP contribution in [0.2, 0.25) is 0 Å². The van der Waals surface area contributed by atoms with Crippen molar-refractivity contribution in [2.45, 2.75) is 44.2 Å². The predicted molar refractivity (Wildman–Crippen MR) is 108 cm³/mol. The van der Waals surface area contributed by atoms with Crippen LogP contribution < -0.4 is 10.6 Å². The average Bonchev–Trinajstić information content (AvgIpc) is 3.40. The first-order valence-corrected chi connectivity index (χ1v) is 10.0. The highest BCUT2D eigenvalue weighted by Crippen LogP contribution is 2.27. The minimum absolute atomic E-state index is 0.0335. The lowest BCUT2D eigenvalue weighted by atomic mass is 10.1. The van der Waals surface area contributed by atoms with Crippen LogP contribution in [-0.4, -0.2) is 56.6 Å². The van der Waals surface area contributed by atoms with Gasteiger partial charge in [0, 0.05) is 45.8 Å².